The number of hydrogen-bond donors (Lipinski definition) is 1. The number of amides is 1. The van der Waals surface area contributed by atoms with E-state index in [1.165, 1.54) is 0 Å². The highest BCUT2D eigenvalue weighted by Crippen LogP contribution is 2.22. The van der Waals surface area contributed by atoms with E-state index >= 15 is 0 Å². The molecule has 0 bridgehead atoms. The van der Waals surface area contributed by atoms with Gasteiger partial charge in [-0.2, -0.15) is 12.6 Å². The maximum absolute atomic E-state index is 11.4. The molecule has 0 atom stereocenters. The summed E-state index contributed by atoms with van der Waals surface area (Å²) >= 11 is 4.11. The lowest BCUT2D eigenvalue weighted by Crippen LogP contribution is -2.36. The fourth-order valence-electron chi connectivity index (χ4n) is 0.992. The van der Waals surface area contributed by atoms with Crippen LogP contribution in [0, 0.1) is 5.41 Å². The second-order valence-electron chi connectivity index (χ2n) is 3.56. The Labute approximate surface area is 74.4 Å². The van der Waals surface area contributed by atoms with Gasteiger partial charge in [-0.15, -0.1) is 0 Å². The van der Waals surface area contributed by atoms with E-state index in [-0.39, 0.29) is 11.3 Å². The van der Waals surface area contributed by atoms with Crippen molar-refractivity contribution in [3.05, 3.63) is 0 Å². The van der Waals surface area contributed by atoms with Crippen LogP contribution in [0.15, 0.2) is 0 Å². The first-order valence-electron chi connectivity index (χ1n) is 3.74. The van der Waals surface area contributed by atoms with Gasteiger partial charge in [0.05, 0.1) is 0 Å². The van der Waals surface area contributed by atoms with Crippen LogP contribution in [0.2, 0.25) is 0 Å². The minimum Gasteiger partial charge on any atom is -0.348 e. The Morgan fingerprint density at radius 2 is 1.91 bits per heavy atom. The Kier molecular flexibility index (Phi) is 3.93. The molecule has 0 spiro atoms. The van der Waals surface area contributed by atoms with E-state index < -0.39 is 0 Å². The standard InChI is InChI=1S/C8H17NOS/c1-8(2,5-6-11)7(10)9(3)4/h11H,5-6H2,1-4H3. The molecule has 0 saturated heterocycles. The predicted molar refractivity (Wildman–Crippen MR) is 50.9 cm³/mol. The molecular weight excluding hydrogens is 158 g/mol. The van der Waals surface area contributed by atoms with Gasteiger partial charge in [0.25, 0.3) is 0 Å². The molecule has 1 amide bonds. The van der Waals surface area contributed by atoms with Crippen LogP contribution < -0.4 is 0 Å². The van der Waals surface area contributed by atoms with Gasteiger partial charge < -0.3 is 4.90 Å². The zero-order valence-corrected chi connectivity index (χ0v) is 8.61. The molecule has 0 rings (SSSR count). The van der Waals surface area contributed by atoms with Gasteiger partial charge in [-0.1, -0.05) is 13.8 Å². The molecular formula is C8H17NOS. The Bertz CT molecular complexity index is 143. The van der Waals surface area contributed by atoms with Crippen molar-refractivity contribution in [2.45, 2.75) is 20.3 Å². The molecule has 0 heterocycles. The molecule has 0 aromatic rings. The summed E-state index contributed by atoms with van der Waals surface area (Å²) in [5.74, 6) is 0.929. The summed E-state index contributed by atoms with van der Waals surface area (Å²) < 4.78 is 0. The summed E-state index contributed by atoms with van der Waals surface area (Å²) in [6.07, 6.45) is 0.827. The van der Waals surface area contributed by atoms with Gasteiger partial charge in [0.2, 0.25) is 5.91 Å². The molecule has 0 fully saturated rings. The average Bonchev–Trinajstić information content (AvgIpc) is 1.86. The summed E-state index contributed by atoms with van der Waals surface area (Å²) in [5.41, 5.74) is -0.259. The van der Waals surface area contributed by atoms with E-state index in [0.717, 1.165) is 12.2 Å². The third kappa shape index (κ3) is 3.14. The van der Waals surface area contributed by atoms with Crippen LogP contribution in [0.1, 0.15) is 20.3 Å². The highest BCUT2D eigenvalue weighted by atomic mass is 32.1. The molecule has 0 aromatic carbocycles. The van der Waals surface area contributed by atoms with Gasteiger partial charge in [0.1, 0.15) is 0 Å². The van der Waals surface area contributed by atoms with E-state index in [9.17, 15) is 4.79 Å². The Hall–Kier alpha value is -0.180. The van der Waals surface area contributed by atoms with Gasteiger partial charge in [-0.05, 0) is 12.2 Å². The fourth-order valence-corrected chi connectivity index (χ4v) is 1.55. The number of carbonyl (C=O) groups is 1. The molecule has 0 aliphatic rings. The van der Waals surface area contributed by atoms with Gasteiger partial charge >= 0.3 is 0 Å². The van der Waals surface area contributed by atoms with E-state index in [4.69, 9.17) is 0 Å². The zero-order valence-electron chi connectivity index (χ0n) is 7.72. The van der Waals surface area contributed by atoms with Crippen molar-refractivity contribution < 1.29 is 4.79 Å². The van der Waals surface area contributed by atoms with Crippen molar-refractivity contribution in [1.29, 1.82) is 0 Å². The van der Waals surface area contributed by atoms with Crippen molar-refractivity contribution in [3.63, 3.8) is 0 Å². The van der Waals surface area contributed by atoms with Gasteiger partial charge in [-0.25, -0.2) is 0 Å². The second-order valence-corrected chi connectivity index (χ2v) is 4.00. The molecule has 0 unspecified atom stereocenters. The minimum atomic E-state index is -0.259. The normalized spacial score (nSPS) is 11.4. The largest absolute Gasteiger partial charge is 0.348 e. The van der Waals surface area contributed by atoms with Crippen LogP contribution >= 0.6 is 12.6 Å². The lowest BCUT2D eigenvalue weighted by atomic mass is 9.89. The summed E-state index contributed by atoms with van der Waals surface area (Å²) in [6.45, 7) is 3.90. The molecule has 0 N–H and O–H groups in total. The first kappa shape index (κ1) is 10.8. The molecule has 0 aromatic heterocycles. The monoisotopic (exact) mass is 175 g/mol. The molecule has 66 valence electrons. The maximum Gasteiger partial charge on any atom is 0.227 e. The van der Waals surface area contributed by atoms with E-state index in [1.54, 1.807) is 19.0 Å². The number of nitrogens with zero attached hydrogens (tertiary/aromatic N) is 1. The third-order valence-electron chi connectivity index (χ3n) is 1.72. The maximum atomic E-state index is 11.4. The van der Waals surface area contributed by atoms with E-state index in [1.807, 2.05) is 13.8 Å². The second kappa shape index (κ2) is 4.00. The summed E-state index contributed by atoms with van der Waals surface area (Å²) in [6, 6.07) is 0. The number of hydrogen-bond acceptors (Lipinski definition) is 2. The quantitative estimate of drug-likeness (QED) is 0.643. The highest BCUT2D eigenvalue weighted by Gasteiger charge is 2.27. The molecule has 0 aliphatic heterocycles. The van der Waals surface area contributed by atoms with Crippen LogP contribution in [0.3, 0.4) is 0 Å². The molecule has 11 heavy (non-hydrogen) atoms. The lowest BCUT2D eigenvalue weighted by molar-refractivity contribution is -0.137. The van der Waals surface area contributed by atoms with Crippen molar-refractivity contribution >= 4 is 18.5 Å². The Balaban J connectivity index is 4.17. The number of rotatable bonds is 3. The van der Waals surface area contributed by atoms with E-state index in [2.05, 4.69) is 12.6 Å². The first-order chi connectivity index (χ1) is 4.91. The van der Waals surface area contributed by atoms with Crippen LogP contribution in [0.25, 0.3) is 0 Å². The smallest absolute Gasteiger partial charge is 0.227 e. The zero-order chi connectivity index (χ0) is 9.07. The van der Waals surface area contributed by atoms with Gasteiger partial charge in [-0.3, -0.25) is 4.79 Å². The predicted octanol–water partition coefficient (Wildman–Crippen LogP) is 1.42. The SMILES string of the molecule is CN(C)C(=O)C(C)(C)CCS. The van der Waals surface area contributed by atoms with Crippen molar-refractivity contribution in [1.82, 2.24) is 4.90 Å². The molecule has 0 saturated carbocycles. The fraction of sp³-hybridized carbons (Fsp3) is 0.875. The van der Waals surface area contributed by atoms with Crippen LogP contribution in [-0.4, -0.2) is 30.7 Å². The molecule has 0 radical (unpaired) electrons. The van der Waals surface area contributed by atoms with Gasteiger partial charge in [0, 0.05) is 19.5 Å². The molecule has 2 nitrogen and oxygen atoms in total. The number of carbonyl (C=O) groups excluding carboxylic acids is 1. The summed E-state index contributed by atoms with van der Waals surface area (Å²) in [5, 5.41) is 0. The Morgan fingerprint density at radius 3 is 2.18 bits per heavy atom. The summed E-state index contributed by atoms with van der Waals surface area (Å²) in [4.78, 5) is 13.1. The average molecular weight is 175 g/mol. The van der Waals surface area contributed by atoms with Gasteiger partial charge in [0.15, 0.2) is 0 Å². The Morgan fingerprint density at radius 1 is 1.45 bits per heavy atom. The van der Waals surface area contributed by atoms with E-state index in [0.29, 0.717) is 0 Å². The first-order valence-corrected chi connectivity index (χ1v) is 4.37. The third-order valence-corrected chi connectivity index (χ3v) is 1.95. The topological polar surface area (TPSA) is 20.3 Å². The molecule has 0 aliphatic carbocycles. The van der Waals surface area contributed by atoms with Crippen molar-refractivity contribution in [3.8, 4) is 0 Å². The van der Waals surface area contributed by atoms with Crippen LogP contribution in [0.5, 0.6) is 0 Å². The lowest BCUT2D eigenvalue weighted by Gasteiger charge is -2.26. The van der Waals surface area contributed by atoms with Crippen molar-refractivity contribution in [2.75, 3.05) is 19.8 Å². The van der Waals surface area contributed by atoms with Crippen LogP contribution in [-0.2, 0) is 4.79 Å². The molecule has 3 heteroatoms. The minimum absolute atomic E-state index is 0.173. The summed E-state index contributed by atoms with van der Waals surface area (Å²) in [7, 11) is 3.56. The van der Waals surface area contributed by atoms with Crippen LogP contribution in [0.4, 0.5) is 0 Å². The number of thiol groups is 1. The highest BCUT2D eigenvalue weighted by molar-refractivity contribution is 7.80. The van der Waals surface area contributed by atoms with Crippen molar-refractivity contribution in [2.24, 2.45) is 5.41 Å².